The van der Waals surface area contributed by atoms with Gasteiger partial charge in [0.2, 0.25) is 5.91 Å². The van der Waals surface area contributed by atoms with Crippen molar-refractivity contribution in [2.24, 2.45) is 5.92 Å². The van der Waals surface area contributed by atoms with Crippen molar-refractivity contribution in [1.82, 2.24) is 10.2 Å². The molecular formula is C13H24N2O3S. The summed E-state index contributed by atoms with van der Waals surface area (Å²) in [7, 11) is 0. The normalized spacial score (nSPS) is 24.8. The zero-order valence-electron chi connectivity index (χ0n) is 12.0. The number of thioether (sulfide) groups is 1. The minimum absolute atomic E-state index is 0.0255. The molecule has 3 atom stereocenters. The largest absolute Gasteiger partial charge is 0.480 e. The molecule has 1 aliphatic rings. The number of aliphatic carboxylic acids is 1. The molecule has 1 amide bonds. The van der Waals surface area contributed by atoms with Crippen LogP contribution in [0.25, 0.3) is 0 Å². The number of hydrogen-bond acceptors (Lipinski definition) is 4. The lowest BCUT2D eigenvalue weighted by atomic mass is 10.1. The summed E-state index contributed by atoms with van der Waals surface area (Å²) in [5, 5.41) is 12.4. The molecule has 1 fully saturated rings. The Morgan fingerprint density at radius 1 is 1.42 bits per heavy atom. The minimum Gasteiger partial charge on any atom is -0.480 e. The van der Waals surface area contributed by atoms with Crippen molar-refractivity contribution in [2.75, 3.05) is 12.3 Å². The van der Waals surface area contributed by atoms with Crippen LogP contribution < -0.4 is 5.32 Å². The maximum atomic E-state index is 12.4. The SMILES string of the molecule is CCNC(C)CC(=O)N1C(C(=O)O)CSC1C(C)C. The molecule has 0 aromatic carbocycles. The Balaban J connectivity index is 2.77. The second kappa shape index (κ2) is 7.14. The molecule has 1 aliphatic heterocycles. The number of carbonyl (C=O) groups is 2. The third-order valence-corrected chi connectivity index (χ3v) is 4.83. The van der Waals surface area contributed by atoms with E-state index in [1.807, 2.05) is 27.7 Å². The van der Waals surface area contributed by atoms with Crippen molar-refractivity contribution < 1.29 is 14.7 Å². The van der Waals surface area contributed by atoms with Crippen LogP contribution in [-0.2, 0) is 9.59 Å². The van der Waals surface area contributed by atoms with E-state index in [0.29, 0.717) is 12.2 Å². The smallest absolute Gasteiger partial charge is 0.327 e. The third-order valence-electron chi connectivity index (χ3n) is 3.21. The van der Waals surface area contributed by atoms with E-state index in [-0.39, 0.29) is 23.2 Å². The van der Waals surface area contributed by atoms with Gasteiger partial charge in [-0.25, -0.2) is 4.79 Å². The van der Waals surface area contributed by atoms with Gasteiger partial charge in [0.15, 0.2) is 0 Å². The first kappa shape index (κ1) is 16.3. The average Bonchev–Trinajstić information content (AvgIpc) is 2.73. The molecule has 6 heteroatoms. The van der Waals surface area contributed by atoms with E-state index in [0.717, 1.165) is 6.54 Å². The molecule has 1 rings (SSSR count). The van der Waals surface area contributed by atoms with E-state index in [9.17, 15) is 14.7 Å². The highest BCUT2D eigenvalue weighted by atomic mass is 32.2. The Morgan fingerprint density at radius 3 is 2.53 bits per heavy atom. The van der Waals surface area contributed by atoms with E-state index in [1.54, 1.807) is 16.7 Å². The Hall–Kier alpha value is -0.750. The highest BCUT2D eigenvalue weighted by Crippen LogP contribution is 2.34. The van der Waals surface area contributed by atoms with Crippen LogP contribution in [-0.4, -0.2) is 51.6 Å². The van der Waals surface area contributed by atoms with Gasteiger partial charge in [-0.2, -0.15) is 0 Å². The van der Waals surface area contributed by atoms with Gasteiger partial charge in [0, 0.05) is 18.2 Å². The second-order valence-corrected chi connectivity index (χ2v) is 6.44. The zero-order valence-corrected chi connectivity index (χ0v) is 12.9. The Kier molecular flexibility index (Phi) is 6.13. The van der Waals surface area contributed by atoms with E-state index in [1.165, 1.54) is 0 Å². The van der Waals surface area contributed by atoms with Crippen LogP contribution in [0.5, 0.6) is 0 Å². The van der Waals surface area contributed by atoms with Crippen LogP contribution in [0.4, 0.5) is 0 Å². The summed E-state index contributed by atoms with van der Waals surface area (Å²) < 4.78 is 0. The monoisotopic (exact) mass is 288 g/mol. The summed E-state index contributed by atoms with van der Waals surface area (Å²) in [6, 6.07) is -0.607. The highest BCUT2D eigenvalue weighted by molar-refractivity contribution is 8.00. The number of carbonyl (C=O) groups excluding carboxylic acids is 1. The lowest BCUT2D eigenvalue weighted by molar-refractivity contribution is -0.149. The number of rotatable bonds is 6. The lowest BCUT2D eigenvalue weighted by Crippen LogP contribution is -2.48. The van der Waals surface area contributed by atoms with Gasteiger partial charge in [-0.1, -0.05) is 20.8 Å². The van der Waals surface area contributed by atoms with Gasteiger partial charge in [0.1, 0.15) is 6.04 Å². The van der Waals surface area contributed by atoms with Crippen LogP contribution in [0.3, 0.4) is 0 Å². The molecular weight excluding hydrogens is 264 g/mol. The molecule has 0 aromatic rings. The van der Waals surface area contributed by atoms with Crippen LogP contribution in [0.1, 0.15) is 34.1 Å². The standard InChI is InChI=1S/C13H24N2O3S/c1-5-14-9(4)6-11(16)15-10(13(17)18)7-19-12(15)8(2)3/h8-10,12,14H,5-7H2,1-4H3,(H,17,18). The van der Waals surface area contributed by atoms with E-state index in [4.69, 9.17) is 0 Å². The molecule has 1 heterocycles. The molecule has 19 heavy (non-hydrogen) atoms. The molecule has 0 spiro atoms. The Morgan fingerprint density at radius 2 is 2.05 bits per heavy atom. The summed E-state index contributed by atoms with van der Waals surface area (Å²) >= 11 is 1.57. The lowest BCUT2D eigenvalue weighted by Gasteiger charge is -2.30. The van der Waals surface area contributed by atoms with E-state index in [2.05, 4.69) is 5.32 Å². The van der Waals surface area contributed by atoms with E-state index < -0.39 is 12.0 Å². The van der Waals surface area contributed by atoms with Crippen LogP contribution in [0.2, 0.25) is 0 Å². The van der Waals surface area contributed by atoms with Gasteiger partial charge in [0.05, 0.1) is 5.37 Å². The first-order valence-corrected chi connectivity index (χ1v) is 7.82. The fraction of sp³-hybridized carbons (Fsp3) is 0.846. The van der Waals surface area contributed by atoms with Crippen LogP contribution in [0.15, 0.2) is 0 Å². The minimum atomic E-state index is -0.903. The van der Waals surface area contributed by atoms with Crippen molar-refractivity contribution in [3.8, 4) is 0 Å². The number of nitrogens with zero attached hydrogens (tertiary/aromatic N) is 1. The van der Waals surface area contributed by atoms with Crippen molar-refractivity contribution in [1.29, 1.82) is 0 Å². The van der Waals surface area contributed by atoms with Crippen LogP contribution in [0, 0.1) is 5.92 Å². The predicted molar refractivity (Wildman–Crippen MR) is 77.1 cm³/mol. The summed E-state index contributed by atoms with van der Waals surface area (Å²) in [4.78, 5) is 25.2. The molecule has 2 N–H and O–H groups in total. The van der Waals surface area contributed by atoms with Crippen molar-refractivity contribution >= 4 is 23.6 Å². The van der Waals surface area contributed by atoms with E-state index >= 15 is 0 Å². The molecule has 1 saturated heterocycles. The van der Waals surface area contributed by atoms with Crippen LogP contribution >= 0.6 is 11.8 Å². The number of amides is 1. The topological polar surface area (TPSA) is 69.6 Å². The van der Waals surface area contributed by atoms with Gasteiger partial charge >= 0.3 is 5.97 Å². The molecule has 5 nitrogen and oxygen atoms in total. The molecule has 3 unspecified atom stereocenters. The number of hydrogen-bond donors (Lipinski definition) is 2. The molecule has 0 radical (unpaired) electrons. The first-order chi connectivity index (χ1) is 8.88. The summed E-state index contributed by atoms with van der Waals surface area (Å²) in [5.74, 6) is -0.225. The second-order valence-electron chi connectivity index (χ2n) is 5.29. The highest BCUT2D eigenvalue weighted by Gasteiger charge is 2.42. The quantitative estimate of drug-likeness (QED) is 0.773. The van der Waals surface area contributed by atoms with Gasteiger partial charge in [-0.15, -0.1) is 11.8 Å². The van der Waals surface area contributed by atoms with Gasteiger partial charge in [-0.05, 0) is 19.4 Å². The number of nitrogens with one attached hydrogen (secondary N) is 1. The van der Waals surface area contributed by atoms with Gasteiger partial charge < -0.3 is 15.3 Å². The van der Waals surface area contributed by atoms with Gasteiger partial charge in [-0.3, -0.25) is 4.79 Å². The molecule has 110 valence electrons. The van der Waals surface area contributed by atoms with Gasteiger partial charge in [0.25, 0.3) is 0 Å². The van der Waals surface area contributed by atoms with Crippen molar-refractivity contribution in [2.45, 2.75) is 51.6 Å². The first-order valence-electron chi connectivity index (χ1n) is 6.77. The molecule has 0 saturated carbocycles. The fourth-order valence-electron chi connectivity index (χ4n) is 2.34. The molecule has 0 bridgehead atoms. The fourth-order valence-corrected chi connectivity index (χ4v) is 3.83. The zero-order chi connectivity index (χ0) is 14.6. The molecule has 0 aliphatic carbocycles. The maximum absolute atomic E-state index is 12.4. The maximum Gasteiger partial charge on any atom is 0.327 e. The third kappa shape index (κ3) is 4.11. The number of carboxylic acid groups (broad SMARTS) is 1. The number of carboxylic acids is 1. The summed E-state index contributed by atoms with van der Waals surface area (Å²) in [6.07, 6.45) is 0.349. The van der Waals surface area contributed by atoms with Crippen molar-refractivity contribution in [3.05, 3.63) is 0 Å². The Bertz CT molecular complexity index is 336. The Labute approximate surface area is 119 Å². The summed E-state index contributed by atoms with van der Waals surface area (Å²) in [5.41, 5.74) is 0. The summed E-state index contributed by atoms with van der Waals surface area (Å²) in [6.45, 7) is 8.79. The predicted octanol–water partition coefficient (Wildman–Crippen LogP) is 1.39. The van der Waals surface area contributed by atoms with Crippen molar-refractivity contribution in [3.63, 3.8) is 0 Å². The average molecular weight is 288 g/mol. The molecule has 0 aromatic heterocycles.